The topological polar surface area (TPSA) is 9.86 Å². The second-order valence-electron chi connectivity index (χ2n) is 10.1. The van der Waals surface area contributed by atoms with Gasteiger partial charge in [0.15, 0.2) is 0 Å². The van der Waals surface area contributed by atoms with Gasteiger partial charge in [0.2, 0.25) is 0 Å². The number of rotatable bonds is 3. The molecule has 0 fully saturated rings. The van der Waals surface area contributed by atoms with Crippen molar-refractivity contribution in [2.45, 2.75) is 0 Å². The van der Waals surface area contributed by atoms with Crippen LogP contribution >= 0.6 is 31.9 Å². The molecule has 190 valence electrons. The Morgan fingerprint density at radius 2 is 0.775 bits per heavy atom. The summed E-state index contributed by atoms with van der Waals surface area (Å²) in [6.07, 6.45) is 0. The Morgan fingerprint density at radius 1 is 0.350 bits per heavy atom. The lowest BCUT2D eigenvalue weighted by Crippen LogP contribution is -1.96. The standard InChI is InChI=1S/C36H22Br2N2/c37-25-15-17-35-31(21-25)29-11-1-3-13-33(29)39(35)27-9-5-7-23(19-27)24-8-6-10-28(20-24)40-34-14-4-2-12-30(34)32-22-26(38)16-18-36(32)40/h1-22H. The predicted molar refractivity (Wildman–Crippen MR) is 176 cm³/mol. The van der Waals surface area contributed by atoms with Gasteiger partial charge in [0, 0.05) is 41.9 Å². The zero-order valence-corrected chi connectivity index (χ0v) is 24.5. The van der Waals surface area contributed by atoms with Crippen LogP contribution in [0.15, 0.2) is 142 Å². The molecular formula is C36H22Br2N2. The van der Waals surface area contributed by atoms with Crippen molar-refractivity contribution in [1.82, 2.24) is 9.13 Å². The third-order valence-corrected chi connectivity index (χ3v) is 8.80. The van der Waals surface area contributed by atoms with Crippen LogP contribution in [0.3, 0.4) is 0 Å². The van der Waals surface area contributed by atoms with Crippen molar-refractivity contribution < 1.29 is 0 Å². The van der Waals surface area contributed by atoms with Crippen molar-refractivity contribution in [3.63, 3.8) is 0 Å². The van der Waals surface area contributed by atoms with Gasteiger partial charge in [0.25, 0.3) is 0 Å². The fourth-order valence-electron chi connectivity index (χ4n) is 6.10. The Balaban J connectivity index is 1.31. The summed E-state index contributed by atoms with van der Waals surface area (Å²) in [5.74, 6) is 0. The van der Waals surface area contributed by atoms with E-state index in [0.29, 0.717) is 0 Å². The Labute approximate surface area is 248 Å². The molecule has 0 saturated heterocycles. The largest absolute Gasteiger partial charge is 0.309 e. The molecule has 2 heterocycles. The summed E-state index contributed by atoms with van der Waals surface area (Å²) in [6, 6.07) is 48.1. The lowest BCUT2D eigenvalue weighted by molar-refractivity contribution is 1.17. The molecule has 0 N–H and O–H groups in total. The number of fused-ring (bicyclic) bond motifs is 6. The molecule has 0 amide bonds. The van der Waals surface area contributed by atoms with E-state index in [-0.39, 0.29) is 0 Å². The number of para-hydroxylation sites is 2. The van der Waals surface area contributed by atoms with Gasteiger partial charge in [-0.25, -0.2) is 0 Å². The van der Waals surface area contributed by atoms with Gasteiger partial charge in [0.1, 0.15) is 0 Å². The van der Waals surface area contributed by atoms with Gasteiger partial charge in [-0.2, -0.15) is 0 Å². The normalized spacial score (nSPS) is 11.8. The molecule has 2 nitrogen and oxygen atoms in total. The minimum absolute atomic E-state index is 1.09. The van der Waals surface area contributed by atoms with Crippen molar-refractivity contribution in [2.24, 2.45) is 0 Å². The summed E-state index contributed by atoms with van der Waals surface area (Å²) in [4.78, 5) is 0. The van der Waals surface area contributed by atoms with Crippen molar-refractivity contribution >= 4 is 75.5 Å². The van der Waals surface area contributed by atoms with Crippen LogP contribution in [0.25, 0.3) is 66.1 Å². The Kier molecular flexibility index (Phi) is 5.48. The lowest BCUT2D eigenvalue weighted by atomic mass is 10.0. The van der Waals surface area contributed by atoms with Crippen molar-refractivity contribution in [3.8, 4) is 22.5 Å². The van der Waals surface area contributed by atoms with Crippen LogP contribution in [0.1, 0.15) is 0 Å². The van der Waals surface area contributed by atoms with Crippen LogP contribution in [0, 0.1) is 0 Å². The molecular weight excluding hydrogens is 620 g/mol. The Bertz CT molecular complexity index is 2090. The van der Waals surface area contributed by atoms with E-state index < -0.39 is 0 Å². The molecule has 4 heteroatoms. The maximum atomic E-state index is 3.67. The summed E-state index contributed by atoms with van der Waals surface area (Å²) < 4.78 is 6.92. The first kappa shape index (κ1) is 23.7. The number of hydrogen-bond acceptors (Lipinski definition) is 0. The third kappa shape index (κ3) is 3.67. The molecule has 0 aliphatic rings. The highest BCUT2D eigenvalue weighted by atomic mass is 79.9. The molecule has 0 radical (unpaired) electrons. The number of hydrogen-bond donors (Lipinski definition) is 0. The molecule has 2 aromatic heterocycles. The summed E-state index contributed by atoms with van der Waals surface area (Å²) >= 11 is 7.34. The van der Waals surface area contributed by atoms with E-state index in [1.807, 2.05) is 0 Å². The zero-order valence-electron chi connectivity index (χ0n) is 21.4. The van der Waals surface area contributed by atoms with Crippen molar-refractivity contribution in [3.05, 3.63) is 142 Å². The first-order valence-corrected chi connectivity index (χ1v) is 14.8. The first-order chi connectivity index (χ1) is 19.7. The number of aromatic nitrogens is 2. The lowest BCUT2D eigenvalue weighted by Gasteiger charge is -2.12. The second kappa shape index (κ2) is 9.22. The molecule has 0 saturated carbocycles. The monoisotopic (exact) mass is 640 g/mol. The summed E-state index contributed by atoms with van der Waals surface area (Å²) in [5, 5.41) is 5.00. The molecule has 0 spiro atoms. The smallest absolute Gasteiger partial charge is 0.0541 e. The molecule has 40 heavy (non-hydrogen) atoms. The maximum absolute atomic E-state index is 3.67. The molecule has 8 rings (SSSR count). The molecule has 8 aromatic rings. The van der Waals surface area contributed by atoms with E-state index in [9.17, 15) is 0 Å². The van der Waals surface area contributed by atoms with Gasteiger partial charge in [-0.3, -0.25) is 0 Å². The van der Waals surface area contributed by atoms with Gasteiger partial charge in [0.05, 0.1) is 22.1 Å². The van der Waals surface area contributed by atoms with Crippen molar-refractivity contribution in [2.75, 3.05) is 0 Å². The van der Waals surface area contributed by atoms with Gasteiger partial charge < -0.3 is 9.13 Å². The van der Waals surface area contributed by atoms with Crippen LogP contribution in [-0.2, 0) is 0 Å². The highest BCUT2D eigenvalue weighted by Gasteiger charge is 2.15. The predicted octanol–water partition coefficient (Wildman–Crippen LogP) is 11.1. The van der Waals surface area contributed by atoms with Crippen molar-refractivity contribution in [1.29, 1.82) is 0 Å². The SMILES string of the molecule is Brc1ccc2c(c1)c1ccccc1n2-c1cccc(-c2cccc(-n3c4ccccc4c4cc(Br)ccc43)c2)c1. The number of halogens is 2. The molecule has 0 unspecified atom stereocenters. The Hall–Kier alpha value is -4.12. The van der Waals surface area contributed by atoms with E-state index in [4.69, 9.17) is 0 Å². The summed E-state index contributed by atoms with van der Waals surface area (Å²) in [7, 11) is 0. The minimum Gasteiger partial charge on any atom is -0.309 e. The van der Waals surface area contributed by atoms with E-state index in [2.05, 4.69) is 174 Å². The quantitative estimate of drug-likeness (QED) is 0.182. The van der Waals surface area contributed by atoms with Crippen LogP contribution in [-0.4, -0.2) is 9.13 Å². The van der Waals surface area contributed by atoms with Crippen LogP contribution in [0.5, 0.6) is 0 Å². The summed E-state index contributed by atoms with van der Waals surface area (Å²) in [5.41, 5.74) is 9.49. The number of nitrogens with zero attached hydrogens (tertiary/aromatic N) is 2. The molecule has 0 aliphatic heterocycles. The van der Waals surface area contributed by atoms with E-state index >= 15 is 0 Å². The molecule has 6 aromatic carbocycles. The second-order valence-corrected chi connectivity index (χ2v) is 12.0. The van der Waals surface area contributed by atoms with Gasteiger partial charge >= 0.3 is 0 Å². The number of benzene rings is 6. The highest BCUT2D eigenvalue weighted by Crippen LogP contribution is 2.37. The van der Waals surface area contributed by atoms with Crippen LogP contribution in [0.2, 0.25) is 0 Å². The van der Waals surface area contributed by atoms with E-state index in [1.54, 1.807) is 0 Å². The Morgan fingerprint density at radius 3 is 1.25 bits per heavy atom. The zero-order chi connectivity index (χ0) is 26.8. The molecule has 0 aliphatic carbocycles. The van der Waals surface area contributed by atoms with Crippen LogP contribution in [0.4, 0.5) is 0 Å². The summed E-state index contributed by atoms with van der Waals surface area (Å²) in [6.45, 7) is 0. The average Bonchev–Trinajstić information content (AvgIpc) is 3.49. The fraction of sp³-hybridized carbons (Fsp3) is 0. The van der Waals surface area contributed by atoms with Gasteiger partial charge in [-0.05, 0) is 83.9 Å². The molecule has 0 bridgehead atoms. The average molecular weight is 642 g/mol. The maximum Gasteiger partial charge on any atom is 0.0541 e. The van der Waals surface area contributed by atoms with Crippen LogP contribution < -0.4 is 0 Å². The minimum atomic E-state index is 1.09. The van der Waals surface area contributed by atoms with Gasteiger partial charge in [-0.1, -0.05) is 92.5 Å². The highest BCUT2D eigenvalue weighted by molar-refractivity contribution is 9.10. The third-order valence-electron chi connectivity index (χ3n) is 7.81. The molecule has 0 atom stereocenters. The van der Waals surface area contributed by atoms with E-state index in [0.717, 1.165) is 20.3 Å². The van der Waals surface area contributed by atoms with E-state index in [1.165, 1.54) is 54.7 Å². The fourth-order valence-corrected chi connectivity index (χ4v) is 6.82. The first-order valence-electron chi connectivity index (χ1n) is 13.2. The van der Waals surface area contributed by atoms with Gasteiger partial charge in [-0.15, -0.1) is 0 Å².